The third kappa shape index (κ3) is 4.68. The number of fused-ring (bicyclic) bond motifs is 1. The average molecular weight is 565 g/mol. The van der Waals surface area contributed by atoms with Gasteiger partial charge in [0.2, 0.25) is 0 Å². The maximum absolute atomic E-state index is 13.2. The first-order valence-electron chi connectivity index (χ1n) is 10.4. The monoisotopic (exact) mass is 564 g/mol. The van der Waals surface area contributed by atoms with Gasteiger partial charge in [-0.1, -0.05) is 17.8 Å². The molecule has 3 heterocycles. The number of carboxylic acids is 2. The third-order valence-electron chi connectivity index (χ3n) is 5.48. The number of anilines is 1. The molecule has 2 aliphatic heterocycles. The number of hydrogen-bond donors (Lipinski definition) is 3. The van der Waals surface area contributed by atoms with Crippen LogP contribution in [-0.4, -0.2) is 68.2 Å². The van der Waals surface area contributed by atoms with E-state index in [1.54, 1.807) is 12.2 Å². The molecule has 1 saturated heterocycles. The Morgan fingerprint density at radius 2 is 1.78 bits per heavy atom. The molecule has 0 radical (unpaired) electrons. The van der Waals surface area contributed by atoms with Gasteiger partial charge in [0.25, 0.3) is 11.5 Å². The Morgan fingerprint density at radius 1 is 1.08 bits per heavy atom. The van der Waals surface area contributed by atoms with Gasteiger partial charge in [-0.15, -0.1) is 11.3 Å². The number of allylic oxidation sites excluding steroid dienone is 1. The van der Waals surface area contributed by atoms with Gasteiger partial charge in [0.15, 0.2) is 5.11 Å². The Balaban J connectivity index is 1.87. The normalized spacial score (nSPS) is 18.6. The maximum Gasteiger partial charge on any atom is 0.323 e. The van der Waals surface area contributed by atoms with Crippen LogP contribution >= 0.6 is 47.9 Å². The van der Waals surface area contributed by atoms with E-state index in [2.05, 4.69) is 12.6 Å². The van der Waals surface area contributed by atoms with Crippen LogP contribution in [0.3, 0.4) is 0 Å². The second-order valence-electron chi connectivity index (χ2n) is 7.82. The summed E-state index contributed by atoms with van der Waals surface area (Å²) in [5, 5.41) is 19.5. The molecule has 1 aromatic carbocycles. The smallest absolute Gasteiger partial charge is 0.323 e. The summed E-state index contributed by atoms with van der Waals surface area (Å²) in [6.07, 6.45) is 3.32. The van der Waals surface area contributed by atoms with E-state index < -0.39 is 36.5 Å². The fraction of sp³-hybridized carbons (Fsp3) is 0.227. The summed E-state index contributed by atoms with van der Waals surface area (Å²) in [6, 6.07) is 6.04. The molecule has 0 atom stereocenters. The number of benzene rings is 1. The van der Waals surface area contributed by atoms with Crippen molar-refractivity contribution in [3.63, 3.8) is 0 Å². The Morgan fingerprint density at radius 3 is 2.42 bits per heavy atom. The van der Waals surface area contributed by atoms with Gasteiger partial charge in [-0.3, -0.25) is 33.5 Å². The van der Waals surface area contributed by atoms with Crippen molar-refractivity contribution < 1.29 is 24.6 Å². The topological polar surface area (TPSA) is 123 Å². The third-order valence-corrected chi connectivity index (χ3v) is 8.66. The summed E-state index contributed by atoms with van der Waals surface area (Å²) in [5.74, 6) is -2.53. The fourth-order valence-corrected chi connectivity index (χ4v) is 6.28. The van der Waals surface area contributed by atoms with Crippen LogP contribution in [0.25, 0.3) is 11.8 Å². The minimum atomic E-state index is -1.28. The van der Waals surface area contributed by atoms with Crippen molar-refractivity contribution in [2.75, 3.05) is 25.5 Å². The number of thioether (sulfide) groups is 1. The van der Waals surface area contributed by atoms with E-state index in [9.17, 15) is 29.4 Å². The number of likely N-dealkylation sites (N-methyl/N-ethyl adjacent to an activating group) is 1. The molecule has 10 nitrogen and oxygen atoms in total. The Bertz CT molecular complexity index is 1530. The van der Waals surface area contributed by atoms with Crippen LogP contribution in [0.5, 0.6) is 0 Å². The summed E-state index contributed by atoms with van der Waals surface area (Å²) in [7, 11) is 3.29. The van der Waals surface area contributed by atoms with Gasteiger partial charge < -0.3 is 15.1 Å². The zero-order valence-corrected chi connectivity index (χ0v) is 22.3. The standard InChI is InChI=1S/C22H20N4O6S4/c1-23-12-7-11(10-33)3-4-13(12)35-15(23)6-5-14-19(31)26(9-17(29)30)21(36-14)18-20(32)24(2)22(34)25(18)8-16(27)28/h3-7,33H,8-10H2,1-2H3,(H,27,28)(H,29,30)/b14-5?,15-6-,21-18+. The molecule has 2 N–H and O–H groups in total. The van der Waals surface area contributed by atoms with Crippen molar-refractivity contribution in [2.45, 2.75) is 17.2 Å². The fourth-order valence-electron chi connectivity index (χ4n) is 3.72. The highest BCUT2D eigenvalue weighted by molar-refractivity contribution is 8.03. The van der Waals surface area contributed by atoms with Gasteiger partial charge in [-0.25, -0.2) is 0 Å². The predicted octanol–water partition coefficient (Wildman–Crippen LogP) is 0.540. The molecule has 0 unspecified atom stereocenters. The number of nitrogens with zero attached hydrogens (tertiary/aromatic N) is 4. The van der Waals surface area contributed by atoms with Crippen LogP contribution in [-0.2, 0) is 26.7 Å². The summed E-state index contributed by atoms with van der Waals surface area (Å²) in [4.78, 5) is 54.3. The summed E-state index contributed by atoms with van der Waals surface area (Å²) in [5.41, 5.74) is 1.33. The highest BCUT2D eigenvalue weighted by atomic mass is 32.2. The highest BCUT2D eigenvalue weighted by Gasteiger charge is 2.38. The molecule has 4 rings (SSSR count). The largest absolute Gasteiger partial charge is 0.480 e. The Labute approximate surface area is 223 Å². The summed E-state index contributed by atoms with van der Waals surface area (Å²) < 4.78 is 1.18. The van der Waals surface area contributed by atoms with Crippen molar-refractivity contribution in [3.8, 4) is 0 Å². The van der Waals surface area contributed by atoms with Crippen molar-refractivity contribution >= 4 is 88.4 Å². The second kappa shape index (κ2) is 10.1. The number of hydrogen-bond acceptors (Lipinski definition) is 9. The molecular formula is C22H20N4O6S4. The number of aromatic nitrogens is 1. The summed E-state index contributed by atoms with van der Waals surface area (Å²) >= 11 is 12.0. The number of amides is 1. The molecule has 0 aliphatic carbocycles. The maximum atomic E-state index is 13.2. The van der Waals surface area contributed by atoms with Crippen LogP contribution in [0.2, 0.25) is 0 Å². The first-order chi connectivity index (χ1) is 17.0. The molecule has 1 aromatic heterocycles. The molecule has 2 aliphatic rings. The van der Waals surface area contributed by atoms with Crippen LogP contribution in [0.4, 0.5) is 5.69 Å². The lowest BCUT2D eigenvalue weighted by molar-refractivity contribution is -0.138. The lowest BCUT2D eigenvalue weighted by Crippen LogP contribution is -2.38. The Hall–Kier alpha value is -3.07. The van der Waals surface area contributed by atoms with E-state index in [-0.39, 0.29) is 20.0 Å². The van der Waals surface area contributed by atoms with Crippen molar-refractivity contribution in [1.82, 2.24) is 14.4 Å². The van der Waals surface area contributed by atoms with Crippen LogP contribution in [0, 0.1) is 0 Å². The SMILES string of the molecule is CN1C(=O)/C(=c2\sc(=C/C=C3\Sc4ccc(CS)cc4N3C)c(=O)n2CC(=O)O)N(CC(=O)O)C1=S. The predicted molar refractivity (Wildman–Crippen MR) is 145 cm³/mol. The van der Waals surface area contributed by atoms with Gasteiger partial charge in [-0.05, 0) is 42.1 Å². The first-order valence-corrected chi connectivity index (χ1v) is 13.0. The lowest BCUT2D eigenvalue weighted by atomic mass is 10.2. The van der Waals surface area contributed by atoms with E-state index in [0.29, 0.717) is 5.75 Å². The minimum absolute atomic E-state index is 0.0270. The van der Waals surface area contributed by atoms with Gasteiger partial charge in [0.1, 0.15) is 23.4 Å². The first kappa shape index (κ1) is 26.0. The highest BCUT2D eigenvalue weighted by Crippen LogP contribution is 2.45. The van der Waals surface area contributed by atoms with Crippen molar-refractivity contribution in [2.24, 2.45) is 0 Å². The average Bonchev–Trinajstić information content (AvgIpc) is 3.38. The molecule has 1 fully saturated rings. The number of thiol groups is 1. The van der Waals surface area contributed by atoms with E-state index in [1.807, 2.05) is 30.1 Å². The molecule has 14 heteroatoms. The molecule has 0 saturated carbocycles. The number of aliphatic carboxylic acids is 2. The Kier molecular flexibility index (Phi) is 7.31. The zero-order valence-electron chi connectivity index (χ0n) is 19.0. The number of carbonyl (C=O) groups excluding carboxylic acids is 1. The van der Waals surface area contributed by atoms with E-state index in [4.69, 9.17) is 12.2 Å². The van der Waals surface area contributed by atoms with Crippen molar-refractivity contribution in [3.05, 3.63) is 54.4 Å². The molecule has 1 amide bonds. The van der Waals surface area contributed by atoms with Gasteiger partial charge in [0.05, 0.1) is 15.2 Å². The quantitative estimate of drug-likeness (QED) is 0.338. The van der Waals surface area contributed by atoms with Crippen LogP contribution in [0.1, 0.15) is 5.56 Å². The summed E-state index contributed by atoms with van der Waals surface area (Å²) in [6.45, 7) is -1.31. The van der Waals surface area contributed by atoms with Gasteiger partial charge in [0, 0.05) is 24.7 Å². The molecule has 36 heavy (non-hydrogen) atoms. The van der Waals surface area contributed by atoms with Crippen molar-refractivity contribution in [1.29, 1.82) is 0 Å². The number of rotatable bonds is 6. The van der Waals surface area contributed by atoms with E-state index in [1.165, 1.54) is 18.8 Å². The van der Waals surface area contributed by atoms with Crippen LogP contribution < -0.4 is 19.7 Å². The van der Waals surface area contributed by atoms with E-state index in [0.717, 1.165) is 46.9 Å². The van der Waals surface area contributed by atoms with Crippen LogP contribution in [0.15, 0.2) is 39.0 Å². The minimum Gasteiger partial charge on any atom is -0.480 e. The molecule has 188 valence electrons. The number of thiocarbonyl (C=S) groups is 1. The molecular weight excluding hydrogens is 545 g/mol. The zero-order chi connectivity index (χ0) is 26.3. The lowest BCUT2D eigenvalue weighted by Gasteiger charge is -2.15. The number of thiazole rings is 1. The molecule has 0 bridgehead atoms. The molecule has 2 aromatic rings. The number of carbonyl (C=O) groups is 3. The molecule has 0 spiro atoms. The number of carboxylic acid groups (broad SMARTS) is 2. The van der Waals surface area contributed by atoms with Gasteiger partial charge in [-0.2, -0.15) is 12.6 Å². The van der Waals surface area contributed by atoms with Gasteiger partial charge >= 0.3 is 11.9 Å². The second-order valence-corrected chi connectivity index (χ2v) is 10.6. The van der Waals surface area contributed by atoms with E-state index >= 15 is 0 Å².